The van der Waals surface area contributed by atoms with E-state index in [1.807, 2.05) is 24.5 Å². The molecule has 0 radical (unpaired) electrons. The van der Waals surface area contributed by atoms with Gasteiger partial charge in [0.1, 0.15) is 5.69 Å². The SMILES string of the molecule is FB(F)F.FC(F)(F)c1ccc(-n2c[n+]3c(n2)CCC3Cc2ccccc2)cc1.[F-]. The molecule has 1 aromatic heterocycles. The number of halogens is 7. The summed E-state index contributed by atoms with van der Waals surface area (Å²) in [4.78, 5) is 0. The van der Waals surface area contributed by atoms with Crippen molar-refractivity contribution in [2.45, 2.75) is 31.5 Å². The van der Waals surface area contributed by atoms with Crippen LogP contribution in [0, 0.1) is 0 Å². The molecular formula is C19H17BF7N3. The molecule has 2 aromatic carbocycles. The average Bonchev–Trinajstić information content (AvgIpc) is 3.24. The van der Waals surface area contributed by atoms with Gasteiger partial charge in [-0.3, -0.25) is 12.9 Å². The van der Waals surface area contributed by atoms with E-state index in [1.165, 1.54) is 17.7 Å². The highest BCUT2D eigenvalue weighted by molar-refractivity contribution is 6.33. The minimum absolute atomic E-state index is 0. The van der Waals surface area contributed by atoms with Crippen molar-refractivity contribution in [1.82, 2.24) is 9.78 Å². The normalized spacial score (nSPS) is 14.9. The van der Waals surface area contributed by atoms with Crippen molar-refractivity contribution in [3.63, 3.8) is 0 Å². The van der Waals surface area contributed by atoms with Crippen LogP contribution in [0.1, 0.15) is 29.4 Å². The molecule has 1 aliphatic rings. The summed E-state index contributed by atoms with van der Waals surface area (Å²) in [5, 5.41) is 4.54. The third kappa shape index (κ3) is 5.83. The van der Waals surface area contributed by atoms with Crippen LogP contribution in [0.5, 0.6) is 0 Å². The van der Waals surface area contributed by atoms with Gasteiger partial charge in [-0.25, -0.2) is 4.57 Å². The molecule has 0 saturated heterocycles. The number of hydrogen-bond acceptors (Lipinski definition) is 1. The van der Waals surface area contributed by atoms with Gasteiger partial charge in [0.25, 0.3) is 5.82 Å². The predicted octanol–water partition coefficient (Wildman–Crippen LogP) is 1.79. The lowest BCUT2D eigenvalue weighted by Crippen LogP contribution is -3.00. The lowest BCUT2D eigenvalue weighted by molar-refractivity contribution is -0.716. The second-order valence-electron chi connectivity index (χ2n) is 6.56. The van der Waals surface area contributed by atoms with Crippen molar-refractivity contribution in [3.05, 3.63) is 77.9 Å². The Balaban J connectivity index is 0.000000591. The maximum Gasteiger partial charge on any atom is 0.762 e. The summed E-state index contributed by atoms with van der Waals surface area (Å²) in [6.07, 6.45) is 0.409. The number of nitrogens with zero attached hydrogens (tertiary/aromatic N) is 3. The molecule has 0 saturated carbocycles. The molecule has 1 atom stereocenters. The van der Waals surface area contributed by atoms with Crippen molar-refractivity contribution in [1.29, 1.82) is 0 Å². The monoisotopic (exact) mass is 431 g/mol. The Morgan fingerprint density at radius 2 is 1.60 bits per heavy atom. The van der Waals surface area contributed by atoms with Crippen LogP contribution < -0.4 is 9.27 Å². The Morgan fingerprint density at radius 3 is 2.17 bits per heavy atom. The number of hydrogen-bond donors (Lipinski definition) is 0. The maximum absolute atomic E-state index is 12.7. The van der Waals surface area contributed by atoms with Gasteiger partial charge in [-0.05, 0) is 36.2 Å². The minimum Gasteiger partial charge on any atom is -1.00 e. The van der Waals surface area contributed by atoms with Crippen molar-refractivity contribution in [2.75, 3.05) is 0 Å². The molecule has 160 valence electrons. The van der Waals surface area contributed by atoms with Crippen molar-refractivity contribution in [3.8, 4) is 5.69 Å². The molecule has 0 spiro atoms. The van der Waals surface area contributed by atoms with Crippen LogP contribution in [0.4, 0.5) is 26.1 Å². The highest BCUT2D eigenvalue weighted by Crippen LogP contribution is 2.29. The van der Waals surface area contributed by atoms with E-state index in [1.54, 1.807) is 4.68 Å². The molecule has 3 nitrogen and oxygen atoms in total. The summed E-state index contributed by atoms with van der Waals surface area (Å²) >= 11 is 0. The van der Waals surface area contributed by atoms with Gasteiger partial charge < -0.3 is 4.70 Å². The molecule has 1 aliphatic heterocycles. The van der Waals surface area contributed by atoms with Gasteiger partial charge in [-0.2, -0.15) is 13.2 Å². The van der Waals surface area contributed by atoms with Crippen LogP contribution >= 0.6 is 0 Å². The quantitative estimate of drug-likeness (QED) is 0.352. The molecule has 4 rings (SSSR count). The summed E-state index contributed by atoms with van der Waals surface area (Å²) in [5.74, 6) is 0.973. The molecule has 30 heavy (non-hydrogen) atoms. The molecule has 2 heterocycles. The van der Waals surface area contributed by atoms with Crippen molar-refractivity contribution < 1.29 is 35.4 Å². The molecule has 1 unspecified atom stereocenters. The van der Waals surface area contributed by atoms with Crippen molar-refractivity contribution >= 4 is 7.54 Å². The number of fused-ring (bicyclic) bond motifs is 1. The number of benzene rings is 2. The van der Waals surface area contributed by atoms with Gasteiger partial charge in [0.2, 0.25) is 6.33 Å². The van der Waals surface area contributed by atoms with E-state index in [4.69, 9.17) is 0 Å². The molecule has 0 aliphatic carbocycles. The molecular weight excluding hydrogens is 414 g/mol. The number of rotatable bonds is 3. The number of alkyl halides is 3. The summed E-state index contributed by atoms with van der Waals surface area (Å²) in [6.45, 7) is 0. The fraction of sp³-hybridized carbons (Fsp3) is 0.263. The largest absolute Gasteiger partial charge is 1.00 e. The van der Waals surface area contributed by atoms with E-state index in [0.717, 1.165) is 37.2 Å². The minimum atomic E-state index is -4.32. The topological polar surface area (TPSA) is 21.7 Å². The van der Waals surface area contributed by atoms with E-state index in [2.05, 4.69) is 21.8 Å². The van der Waals surface area contributed by atoms with E-state index >= 15 is 0 Å². The first-order valence-electron chi connectivity index (χ1n) is 8.87. The van der Waals surface area contributed by atoms with Gasteiger partial charge >= 0.3 is 13.7 Å². The molecule has 0 amide bonds. The fourth-order valence-electron chi connectivity index (χ4n) is 3.32. The summed E-state index contributed by atoms with van der Waals surface area (Å²) in [7, 11) is -3.67. The van der Waals surface area contributed by atoms with Crippen LogP contribution in [0.15, 0.2) is 60.9 Å². The van der Waals surface area contributed by atoms with E-state index < -0.39 is 19.3 Å². The zero-order valence-electron chi connectivity index (χ0n) is 15.5. The van der Waals surface area contributed by atoms with Crippen molar-refractivity contribution in [2.24, 2.45) is 0 Å². The Hall–Kier alpha value is -2.85. The van der Waals surface area contributed by atoms with Gasteiger partial charge in [0.15, 0.2) is 0 Å². The zero-order chi connectivity index (χ0) is 21.0. The van der Waals surface area contributed by atoms with Gasteiger partial charge in [0, 0.05) is 17.9 Å². The van der Waals surface area contributed by atoms with Crippen LogP contribution in [0.3, 0.4) is 0 Å². The molecule has 0 bridgehead atoms. The molecule has 0 N–H and O–H groups in total. The first-order chi connectivity index (χ1) is 13.7. The summed E-state index contributed by atoms with van der Waals surface area (Å²) in [6, 6.07) is 15.7. The number of aryl methyl sites for hydroxylation is 1. The summed E-state index contributed by atoms with van der Waals surface area (Å²) in [5.41, 5.74) is 1.26. The van der Waals surface area contributed by atoms with Crippen LogP contribution in [-0.4, -0.2) is 17.3 Å². The van der Waals surface area contributed by atoms with Crippen LogP contribution in [-0.2, 0) is 19.0 Å². The smallest absolute Gasteiger partial charge is 0.762 e. The van der Waals surface area contributed by atoms with Gasteiger partial charge in [0.05, 0.1) is 11.6 Å². The average molecular weight is 431 g/mol. The molecule has 3 aromatic rings. The molecule has 11 heteroatoms. The lowest BCUT2D eigenvalue weighted by Gasteiger charge is -2.08. The Kier molecular flexibility index (Phi) is 7.63. The van der Waals surface area contributed by atoms with E-state index in [-0.39, 0.29) is 4.70 Å². The van der Waals surface area contributed by atoms with Crippen LogP contribution in [0.2, 0.25) is 0 Å². The first kappa shape index (κ1) is 23.4. The molecule has 0 fully saturated rings. The summed E-state index contributed by atoms with van der Waals surface area (Å²) < 4.78 is 70.9. The maximum atomic E-state index is 12.7. The first-order valence-corrected chi connectivity index (χ1v) is 8.87. The third-order valence-corrected chi connectivity index (χ3v) is 4.62. The highest BCUT2D eigenvalue weighted by atomic mass is 19.4. The third-order valence-electron chi connectivity index (χ3n) is 4.62. The van der Waals surface area contributed by atoms with Gasteiger partial charge in [-0.1, -0.05) is 35.0 Å². The highest BCUT2D eigenvalue weighted by Gasteiger charge is 2.33. The second kappa shape index (κ2) is 9.77. The standard InChI is InChI=1S/C19H17F3N3.BF3.FH/c20-19(21,22)15-6-8-16(9-7-15)25-13-24-17(10-11-18(24)23-25)12-14-4-2-1-3-5-14;2-1(3)4;/h1-9,13,17H,10-12H2;;1H/q+1;;/p-1. The second-order valence-corrected chi connectivity index (χ2v) is 6.56. The Labute approximate surface area is 168 Å². The lowest BCUT2D eigenvalue weighted by atomic mass is 10.0. The Bertz CT molecular complexity index is 925. The van der Waals surface area contributed by atoms with Crippen LogP contribution in [0.25, 0.3) is 5.69 Å². The Morgan fingerprint density at radius 1 is 1.00 bits per heavy atom. The van der Waals surface area contributed by atoms with E-state index in [9.17, 15) is 26.1 Å². The zero-order valence-corrected chi connectivity index (χ0v) is 15.5. The van der Waals surface area contributed by atoms with E-state index in [0.29, 0.717) is 11.7 Å². The van der Waals surface area contributed by atoms with Gasteiger partial charge in [-0.15, -0.1) is 0 Å². The fourth-order valence-corrected chi connectivity index (χ4v) is 3.32. The number of aromatic nitrogens is 3. The predicted molar refractivity (Wildman–Crippen MR) is 95.3 cm³/mol.